The predicted molar refractivity (Wildman–Crippen MR) is 55.0 cm³/mol. The fourth-order valence-electron chi connectivity index (χ4n) is 0.990. The van der Waals surface area contributed by atoms with Gasteiger partial charge < -0.3 is 15.7 Å². The van der Waals surface area contributed by atoms with Gasteiger partial charge in [-0.05, 0) is 43.7 Å². The van der Waals surface area contributed by atoms with Crippen LogP contribution in [0.15, 0.2) is 24.3 Å². The van der Waals surface area contributed by atoms with Gasteiger partial charge in [-0.1, -0.05) is 0 Å². The van der Waals surface area contributed by atoms with Crippen molar-refractivity contribution in [3.8, 4) is 11.5 Å². The summed E-state index contributed by atoms with van der Waals surface area (Å²) in [5, 5.41) is 9.01. The van der Waals surface area contributed by atoms with Crippen LogP contribution in [0.5, 0.6) is 11.5 Å². The average molecular weight is 196 g/mol. The van der Waals surface area contributed by atoms with Crippen LogP contribution in [-0.4, -0.2) is 18.2 Å². The van der Waals surface area contributed by atoms with Gasteiger partial charge in [-0.15, -0.1) is 0 Å². The van der Waals surface area contributed by atoms with Crippen LogP contribution in [-0.2, 0) is 0 Å². The number of phenolic OH excluding ortho intramolecular Hbond substituents is 1. The third-order valence-electron chi connectivity index (χ3n) is 1.76. The van der Waals surface area contributed by atoms with E-state index in [0.29, 0.717) is 12.3 Å². The molecule has 0 amide bonds. The van der Waals surface area contributed by atoms with E-state index in [0.717, 1.165) is 19.4 Å². The van der Waals surface area contributed by atoms with Crippen molar-refractivity contribution >= 4 is 0 Å². The molecule has 0 aliphatic rings. The molecule has 0 bridgehead atoms. The Bertz CT molecular complexity index is 249. The molecule has 4 heteroatoms. The van der Waals surface area contributed by atoms with Gasteiger partial charge in [0.2, 0.25) is 0 Å². The van der Waals surface area contributed by atoms with E-state index in [4.69, 9.17) is 15.7 Å². The fourth-order valence-corrected chi connectivity index (χ4v) is 0.990. The lowest BCUT2D eigenvalue weighted by Gasteiger charge is -2.06. The molecule has 0 fully saturated rings. The van der Waals surface area contributed by atoms with Gasteiger partial charge in [0.05, 0.1) is 0 Å². The quantitative estimate of drug-likeness (QED) is 0.469. The van der Waals surface area contributed by atoms with Gasteiger partial charge in [-0.25, -0.2) is 0 Å². The molecule has 0 heterocycles. The molecule has 1 rings (SSSR count). The molecule has 1 aromatic carbocycles. The number of hydrogen-bond donors (Lipinski definition) is 3. The monoisotopic (exact) mass is 196 g/mol. The maximum Gasteiger partial charge on any atom is 0.147 e. The summed E-state index contributed by atoms with van der Waals surface area (Å²) in [7, 11) is 0. The van der Waals surface area contributed by atoms with E-state index in [1.165, 1.54) is 0 Å². The van der Waals surface area contributed by atoms with E-state index in [-0.39, 0.29) is 5.75 Å². The summed E-state index contributed by atoms with van der Waals surface area (Å²) < 4.78 is 0. The standard InChI is InChI=1S/C10H16N2O2/c11-7-1-2-8-12-14-10-5-3-9(13)4-6-10/h3-6,12-13H,1-2,7-8,11H2. The lowest BCUT2D eigenvalue weighted by Crippen LogP contribution is -2.20. The molecule has 0 atom stereocenters. The van der Waals surface area contributed by atoms with Crippen LogP contribution in [0.2, 0.25) is 0 Å². The van der Waals surface area contributed by atoms with Crippen LogP contribution < -0.4 is 16.1 Å². The number of hydrogen-bond acceptors (Lipinski definition) is 4. The third kappa shape index (κ3) is 4.11. The molecule has 4 nitrogen and oxygen atoms in total. The van der Waals surface area contributed by atoms with E-state index < -0.39 is 0 Å². The van der Waals surface area contributed by atoms with Crippen LogP contribution in [0, 0.1) is 0 Å². The van der Waals surface area contributed by atoms with E-state index >= 15 is 0 Å². The number of aromatic hydroxyl groups is 1. The number of benzene rings is 1. The summed E-state index contributed by atoms with van der Waals surface area (Å²) in [5.74, 6) is 0.927. The second kappa shape index (κ2) is 6.23. The summed E-state index contributed by atoms with van der Waals surface area (Å²) >= 11 is 0. The van der Waals surface area contributed by atoms with Gasteiger partial charge in [0.15, 0.2) is 0 Å². The zero-order valence-corrected chi connectivity index (χ0v) is 8.07. The average Bonchev–Trinajstić information content (AvgIpc) is 2.21. The van der Waals surface area contributed by atoms with Crippen LogP contribution in [0.25, 0.3) is 0 Å². The van der Waals surface area contributed by atoms with Crippen molar-refractivity contribution in [3.05, 3.63) is 24.3 Å². The normalized spacial score (nSPS) is 10.1. The molecule has 0 aliphatic heterocycles. The largest absolute Gasteiger partial charge is 0.508 e. The molecule has 0 radical (unpaired) electrons. The highest BCUT2D eigenvalue weighted by Gasteiger charge is 1.93. The lowest BCUT2D eigenvalue weighted by atomic mass is 10.3. The molecular weight excluding hydrogens is 180 g/mol. The summed E-state index contributed by atoms with van der Waals surface area (Å²) in [5.41, 5.74) is 8.16. The third-order valence-corrected chi connectivity index (χ3v) is 1.76. The highest BCUT2D eigenvalue weighted by Crippen LogP contribution is 2.14. The van der Waals surface area contributed by atoms with Gasteiger partial charge in [-0.2, -0.15) is 5.48 Å². The van der Waals surface area contributed by atoms with Gasteiger partial charge in [0, 0.05) is 6.54 Å². The summed E-state index contributed by atoms with van der Waals surface area (Å²) in [6.45, 7) is 1.49. The fraction of sp³-hybridized carbons (Fsp3) is 0.400. The summed E-state index contributed by atoms with van der Waals surface area (Å²) in [4.78, 5) is 5.21. The Balaban J connectivity index is 2.15. The highest BCUT2D eigenvalue weighted by molar-refractivity contribution is 5.29. The number of phenols is 1. The van der Waals surface area contributed by atoms with Gasteiger partial charge in [0.1, 0.15) is 11.5 Å². The molecule has 0 saturated carbocycles. The highest BCUT2D eigenvalue weighted by atomic mass is 16.6. The molecule has 14 heavy (non-hydrogen) atoms. The van der Waals surface area contributed by atoms with Crippen molar-refractivity contribution < 1.29 is 9.94 Å². The first-order chi connectivity index (χ1) is 6.83. The first-order valence-electron chi connectivity index (χ1n) is 4.72. The minimum atomic E-state index is 0.237. The number of nitrogens with one attached hydrogen (secondary N) is 1. The summed E-state index contributed by atoms with van der Waals surface area (Å²) in [6, 6.07) is 6.56. The Kier molecular flexibility index (Phi) is 4.82. The second-order valence-electron chi connectivity index (χ2n) is 2.99. The Morgan fingerprint density at radius 2 is 1.93 bits per heavy atom. The Morgan fingerprint density at radius 3 is 2.57 bits per heavy atom. The van der Waals surface area contributed by atoms with Gasteiger partial charge in [0.25, 0.3) is 0 Å². The van der Waals surface area contributed by atoms with Crippen molar-refractivity contribution in [1.29, 1.82) is 0 Å². The molecular formula is C10H16N2O2. The number of unbranched alkanes of at least 4 members (excludes halogenated alkanes) is 1. The lowest BCUT2D eigenvalue weighted by molar-refractivity contribution is 0.194. The number of rotatable bonds is 6. The van der Waals surface area contributed by atoms with Crippen molar-refractivity contribution in [2.75, 3.05) is 13.1 Å². The Hall–Kier alpha value is -1.26. The molecule has 0 aliphatic carbocycles. The molecule has 1 aromatic rings. The second-order valence-corrected chi connectivity index (χ2v) is 2.99. The maximum atomic E-state index is 9.01. The van der Waals surface area contributed by atoms with Gasteiger partial charge >= 0.3 is 0 Å². The van der Waals surface area contributed by atoms with E-state index in [2.05, 4.69) is 5.48 Å². The van der Waals surface area contributed by atoms with Crippen molar-refractivity contribution in [1.82, 2.24) is 5.48 Å². The number of nitrogens with two attached hydrogens (primary N) is 1. The maximum absolute atomic E-state index is 9.01. The van der Waals surface area contributed by atoms with Crippen molar-refractivity contribution in [3.63, 3.8) is 0 Å². The minimum absolute atomic E-state index is 0.237. The van der Waals surface area contributed by atoms with Crippen molar-refractivity contribution in [2.24, 2.45) is 5.73 Å². The molecule has 4 N–H and O–H groups in total. The van der Waals surface area contributed by atoms with Gasteiger partial charge in [-0.3, -0.25) is 0 Å². The topological polar surface area (TPSA) is 67.5 Å². The minimum Gasteiger partial charge on any atom is -0.508 e. The molecule has 78 valence electrons. The molecule has 0 spiro atoms. The van der Waals surface area contributed by atoms with Crippen LogP contribution in [0.1, 0.15) is 12.8 Å². The smallest absolute Gasteiger partial charge is 0.147 e. The first-order valence-corrected chi connectivity index (χ1v) is 4.72. The SMILES string of the molecule is NCCCCNOc1ccc(O)cc1. The summed E-state index contributed by atoms with van der Waals surface area (Å²) in [6.07, 6.45) is 1.99. The van der Waals surface area contributed by atoms with E-state index in [9.17, 15) is 0 Å². The molecule has 0 unspecified atom stereocenters. The Labute approximate surface area is 83.6 Å². The zero-order valence-electron chi connectivity index (χ0n) is 8.07. The van der Waals surface area contributed by atoms with Crippen LogP contribution >= 0.6 is 0 Å². The molecule has 0 aromatic heterocycles. The van der Waals surface area contributed by atoms with E-state index in [1.807, 2.05) is 0 Å². The van der Waals surface area contributed by atoms with Crippen LogP contribution in [0.4, 0.5) is 0 Å². The van der Waals surface area contributed by atoms with Crippen LogP contribution in [0.3, 0.4) is 0 Å². The predicted octanol–water partition coefficient (Wildman–Crippen LogP) is 1.01. The van der Waals surface area contributed by atoms with Crippen molar-refractivity contribution in [2.45, 2.75) is 12.8 Å². The Morgan fingerprint density at radius 1 is 1.21 bits per heavy atom. The van der Waals surface area contributed by atoms with E-state index in [1.54, 1.807) is 24.3 Å². The zero-order chi connectivity index (χ0) is 10.2. The molecule has 0 saturated heterocycles. The first kappa shape index (κ1) is 10.8. The number of hydroxylamine groups is 1.